The van der Waals surface area contributed by atoms with Crippen LogP contribution in [0, 0.1) is 17.1 Å². The Hall–Kier alpha value is -1.93. The molecule has 0 aliphatic carbocycles. The fourth-order valence-corrected chi connectivity index (χ4v) is 1.05. The van der Waals surface area contributed by atoms with Crippen molar-refractivity contribution in [3.8, 4) is 6.07 Å². The second-order valence-corrected chi connectivity index (χ2v) is 3.97. The van der Waals surface area contributed by atoms with Crippen LogP contribution in [-0.2, 0) is 9.53 Å². The zero-order valence-corrected chi connectivity index (χ0v) is 9.87. The molecule has 0 aliphatic heterocycles. The molecule has 0 saturated carbocycles. The van der Waals surface area contributed by atoms with E-state index in [1.165, 1.54) is 19.2 Å². The highest BCUT2D eigenvalue weighted by atomic mass is 19.1. The Morgan fingerprint density at radius 2 is 2.18 bits per heavy atom. The van der Waals surface area contributed by atoms with E-state index in [0.29, 0.717) is 0 Å². The molecule has 0 heterocycles. The number of carbonyl (C=O) groups is 1. The number of ether oxygens (including phenoxy) is 1. The van der Waals surface area contributed by atoms with Gasteiger partial charge in [0.25, 0.3) is 5.91 Å². The van der Waals surface area contributed by atoms with Crippen LogP contribution >= 0.6 is 0 Å². The molecule has 90 valence electrons. The monoisotopic (exact) mass is 236 g/mol. The van der Waals surface area contributed by atoms with Gasteiger partial charge in [0.05, 0.1) is 17.3 Å². The first-order chi connectivity index (χ1) is 7.90. The van der Waals surface area contributed by atoms with Gasteiger partial charge in [0, 0.05) is 7.11 Å². The number of rotatable bonds is 3. The highest BCUT2D eigenvalue weighted by molar-refractivity contribution is 5.96. The summed E-state index contributed by atoms with van der Waals surface area (Å²) in [6, 6.07) is 5.65. The second-order valence-electron chi connectivity index (χ2n) is 3.97. The predicted molar refractivity (Wildman–Crippen MR) is 60.8 cm³/mol. The van der Waals surface area contributed by atoms with Gasteiger partial charge in [0.15, 0.2) is 0 Å². The first kappa shape index (κ1) is 13.1. The maximum atomic E-state index is 13.5. The summed E-state index contributed by atoms with van der Waals surface area (Å²) < 4.78 is 18.5. The SMILES string of the molecule is COC(C)(C)C(=O)Nc1ccc(C#N)cc1F. The summed E-state index contributed by atoms with van der Waals surface area (Å²) in [5.74, 6) is -1.10. The largest absolute Gasteiger partial charge is 0.369 e. The predicted octanol–water partition coefficient (Wildman–Crippen LogP) is 2.06. The van der Waals surface area contributed by atoms with Crippen molar-refractivity contribution in [2.75, 3.05) is 12.4 Å². The van der Waals surface area contributed by atoms with E-state index in [-0.39, 0.29) is 11.3 Å². The molecule has 17 heavy (non-hydrogen) atoms. The van der Waals surface area contributed by atoms with Crippen LogP contribution in [0.25, 0.3) is 0 Å². The number of amides is 1. The summed E-state index contributed by atoms with van der Waals surface area (Å²) >= 11 is 0. The Morgan fingerprint density at radius 1 is 1.53 bits per heavy atom. The van der Waals surface area contributed by atoms with Gasteiger partial charge in [0.1, 0.15) is 11.4 Å². The fraction of sp³-hybridized carbons (Fsp3) is 0.333. The number of hydrogen-bond donors (Lipinski definition) is 1. The highest BCUT2D eigenvalue weighted by Crippen LogP contribution is 2.18. The molecule has 0 radical (unpaired) electrons. The lowest BCUT2D eigenvalue weighted by atomic mass is 10.1. The average molecular weight is 236 g/mol. The van der Waals surface area contributed by atoms with Crippen LogP contribution in [0.15, 0.2) is 18.2 Å². The molecule has 0 spiro atoms. The minimum atomic E-state index is -1.04. The van der Waals surface area contributed by atoms with E-state index in [4.69, 9.17) is 10.00 Å². The first-order valence-electron chi connectivity index (χ1n) is 4.97. The van der Waals surface area contributed by atoms with Crippen molar-refractivity contribution in [2.45, 2.75) is 19.4 Å². The molecular weight excluding hydrogens is 223 g/mol. The minimum absolute atomic E-state index is 0.0270. The van der Waals surface area contributed by atoms with Gasteiger partial charge in [-0.25, -0.2) is 4.39 Å². The van der Waals surface area contributed by atoms with E-state index in [2.05, 4.69) is 5.32 Å². The molecule has 0 saturated heterocycles. The van der Waals surface area contributed by atoms with Crippen molar-refractivity contribution in [3.63, 3.8) is 0 Å². The van der Waals surface area contributed by atoms with E-state index in [1.54, 1.807) is 13.8 Å². The molecule has 0 aromatic heterocycles. The Bertz CT molecular complexity index is 478. The quantitative estimate of drug-likeness (QED) is 0.873. The lowest BCUT2D eigenvalue weighted by Gasteiger charge is -2.21. The Morgan fingerprint density at radius 3 is 2.65 bits per heavy atom. The van der Waals surface area contributed by atoms with Crippen molar-refractivity contribution in [1.29, 1.82) is 5.26 Å². The summed E-state index contributed by atoms with van der Waals surface area (Å²) in [5.41, 5.74) is -0.814. The van der Waals surface area contributed by atoms with Crippen LogP contribution in [0.2, 0.25) is 0 Å². The second kappa shape index (κ2) is 4.93. The van der Waals surface area contributed by atoms with E-state index < -0.39 is 17.3 Å². The maximum absolute atomic E-state index is 13.5. The lowest BCUT2D eigenvalue weighted by Crippen LogP contribution is -2.39. The van der Waals surface area contributed by atoms with Gasteiger partial charge in [-0.3, -0.25) is 4.79 Å². The van der Waals surface area contributed by atoms with E-state index in [0.717, 1.165) is 6.07 Å². The molecule has 1 rings (SSSR count). The fourth-order valence-electron chi connectivity index (χ4n) is 1.05. The molecule has 0 bridgehead atoms. The molecule has 4 nitrogen and oxygen atoms in total. The van der Waals surface area contributed by atoms with E-state index in [1.807, 2.05) is 6.07 Å². The number of carbonyl (C=O) groups excluding carboxylic acids is 1. The lowest BCUT2D eigenvalue weighted by molar-refractivity contribution is -0.133. The zero-order chi connectivity index (χ0) is 13.1. The number of anilines is 1. The molecule has 1 amide bonds. The maximum Gasteiger partial charge on any atom is 0.256 e. The number of methoxy groups -OCH3 is 1. The van der Waals surface area contributed by atoms with Crippen molar-refractivity contribution < 1.29 is 13.9 Å². The van der Waals surface area contributed by atoms with Crippen molar-refractivity contribution in [2.24, 2.45) is 0 Å². The van der Waals surface area contributed by atoms with E-state index >= 15 is 0 Å². The third-order valence-corrected chi connectivity index (χ3v) is 2.40. The van der Waals surface area contributed by atoms with Crippen LogP contribution in [0.3, 0.4) is 0 Å². The molecule has 1 N–H and O–H groups in total. The van der Waals surface area contributed by atoms with Gasteiger partial charge in [-0.2, -0.15) is 5.26 Å². The van der Waals surface area contributed by atoms with Crippen LogP contribution in [0.1, 0.15) is 19.4 Å². The number of benzene rings is 1. The van der Waals surface area contributed by atoms with Gasteiger partial charge in [0.2, 0.25) is 0 Å². The number of hydrogen-bond acceptors (Lipinski definition) is 3. The molecule has 5 heteroatoms. The Kier molecular flexibility index (Phi) is 3.81. The zero-order valence-electron chi connectivity index (χ0n) is 9.87. The van der Waals surface area contributed by atoms with Crippen LogP contribution in [0.5, 0.6) is 0 Å². The third kappa shape index (κ3) is 3.02. The molecule has 1 aromatic carbocycles. The minimum Gasteiger partial charge on any atom is -0.369 e. The standard InChI is InChI=1S/C12H13FN2O2/c1-12(2,17-3)11(16)15-10-5-4-8(7-14)6-9(10)13/h4-6H,1-3H3,(H,15,16). The van der Waals surface area contributed by atoms with Crippen molar-refractivity contribution >= 4 is 11.6 Å². The number of halogens is 1. The first-order valence-corrected chi connectivity index (χ1v) is 4.97. The summed E-state index contributed by atoms with van der Waals surface area (Å²) in [4.78, 5) is 11.7. The molecular formula is C12H13FN2O2. The number of nitriles is 1. The summed E-state index contributed by atoms with van der Waals surface area (Å²) in [7, 11) is 1.40. The molecule has 0 unspecified atom stereocenters. The van der Waals surface area contributed by atoms with Gasteiger partial charge < -0.3 is 10.1 Å². The summed E-state index contributed by atoms with van der Waals surface area (Å²) in [6.45, 7) is 3.15. The third-order valence-electron chi connectivity index (χ3n) is 2.40. The van der Waals surface area contributed by atoms with Crippen LogP contribution in [-0.4, -0.2) is 18.6 Å². The Balaban J connectivity index is 2.91. The number of nitrogens with zero attached hydrogens (tertiary/aromatic N) is 1. The number of nitrogens with one attached hydrogen (secondary N) is 1. The van der Waals surface area contributed by atoms with Crippen molar-refractivity contribution in [1.82, 2.24) is 0 Å². The molecule has 0 atom stereocenters. The topological polar surface area (TPSA) is 62.1 Å². The Labute approximate surface area is 99.0 Å². The van der Waals surface area contributed by atoms with Crippen molar-refractivity contribution in [3.05, 3.63) is 29.6 Å². The highest BCUT2D eigenvalue weighted by Gasteiger charge is 2.27. The molecule has 1 aromatic rings. The molecule has 0 aliphatic rings. The summed E-state index contributed by atoms with van der Waals surface area (Å²) in [6.07, 6.45) is 0. The van der Waals surface area contributed by atoms with Gasteiger partial charge in [-0.15, -0.1) is 0 Å². The average Bonchev–Trinajstić information content (AvgIpc) is 2.31. The summed E-state index contributed by atoms with van der Waals surface area (Å²) in [5, 5.41) is 11.0. The van der Waals surface area contributed by atoms with Crippen LogP contribution < -0.4 is 5.32 Å². The molecule has 0 fully saturated rings. The van der Waals surface area contributed by atoms with Crippen LogP contribution in [0.4, 0.5) is 10.1 Å². The van der Waals surface area contributed by atoms with Gasteiger partial charge >= 0.3 is 0 Å². The normalized spacial score (nSPS) is 10.8. The van der Waals surface area contributed by atoms with Gasteiger partial charge in [-0.05, 0) is 32.0 Å². The van der Waals surface area contributed by atoms with E-state index in [9.17, 15) is 9.18 Å². The smallest absolute Gasteiger partial charge is 0.256 e. The van der Waals surface area contributed by atoms with Gasteiger partial charge in [-0.1, -0.05) is 0 Å².